The number of rotatable bonds is 4. The van der Waals surface area contributed by atoms with Crippen LogP contribution in [-0.2, 0) is 16.0 Å². The quantitative estimate of drug-likeness (QED) is 0.478. The van der Waals surface area contributed by atoms with E-state index in [1.54, 1.807) is 19.1 Å². The minimum absolute atomic E-state index is 0.0237. The van der Waals surface area contributed by atoms with Crippen LogP contribution >= 0.6 is 0 Å². The number of nitro groups is 1. The number of nitrogens with zero attached hydrogens (tertiary/aromatic N) is 1. The first-order valence-electron chi connectivity index (χ1n) is 5.03. The fourth-order valence-corrected chi connectivity index (χ4v) is 1.49. The third-order valence-corrected chi connectivity index (χ3v) is 2.38. The van der Waals surface area contributed by atoms with Gasteiger partial charge in [-0.05, 0) is 12.5 Å². The van der Waals surface area contributed by atoms with E-state index < -0.39 is 16.9 Å². The summed E-state index contributed by atoms with van der Waals surface area (Å²) in [6.45, 7) is 1.76. The first kappa shape index (κ1) is 13.1. The molecule has 1 aromatic carbocycles. The lowest BCUT2D eigenvalue weighted by atomic mass is 10.0. The van der Waals surface area contributed by atoms with Crippen LogP contribution in [0, 0.1) is 17.0 Å². The Morgan fingerprint density at radius 1 is 1.59 bits per heavy atom. The van der Waals surface area contributed by atoms with E-state index in [1.807, 2.05) is 0 Å². The molecule has 0 bridgehead atoms. The van der Waals surface area contributed by atoms with Crippen molar-refractivity contribution in [3.05, 3.63) is 39.4 Å². The lowest BCUT2D eigenvalue weighted by Crippen LogP contribution is -2.33. The van der Waals surface area contributed by atoms with E-state index in [0.29, 0.717) is 5.56 Å². The number of hydrogen-bond acceptors (Lipinski definition) is 5. The summed E-state index contributed by atoms with van der Waals surface area (Å²) in [5.41, 5.74) is 6.76. The van der Waals surface area contributed by atoms with Gasteiger partial charge in [0.25, 0.3) is 5.69 Å². The highest BCUT2D eigenvalue weighted by molar-refractivity contribution is 5.76. The second-order valence-electron chi connectivity index (χ2n) is 3.72. The molecule has 0 fully saturated rings. The molecule has 0 heterocycles. The van der Waals surface area contributed by atoms with Crippen molar-refractivity contribution in [2.75, 3.05) is 7.11 Å². The highest BCUT2D eigenvalue weighted by atomic mass is 16.6. The monoisotopic (exact) mass is 238 g/mol. The normalized spacial score (nSPS) is 11.9. The summed E-state index contributed by atoms with van der Waals surface area (Å²) >= 11 is 0. The predicted molar refractivity (Wildman–Crippen MR) is 61.5 cm³/mol. The van der Waals surface area contributed by atoms with Gasteiger partial charge in [-0.2, -0.15) is 0 Å². The van der Waals surface area contributed by atoms with Gasteiger partial charge in [-0.25, -0.2) is 0 Å². The molecule has 0 radical (unpaired) electrons. The highest BCUT2D eigenvalue weighted by Crippen LogP contribution is 2.21. The van der Waals surface area contributed by atoms with E-state index in [2.05, 4.69) is 4.74 Å². The van der Waals surface area contributed by atoms with Gasteiger partial charge in [0.05, 0.1) is 12.0 Å². The van der Waals surface area contributed by atoms with Gasteiger partial charge in [0, 0.05) is 18.1 Å². The Labute approximate surface area is 98.5 Å². The molecule has 6 nitrogen and oxygen atoms in total. The van der Waals surface area contributed by atoms with E-state index in [4.69, 9.17) is 5.73 Å². The molecule has 0 spiro atoms. The first-order chi connectivity index (χ1) is 7.95. The smallest absolute Gasteiger partial charge is 0.322 e. The topological polar surface area (TPSA) is 95.5 Å². The van der Waals surface area contributed by atoms with E-state index in [9.17, 15) is 14.9 Å². The van der Waals surface area contributed by atoms with Gasteiger partial charge in [0.2, 0.25) is 0 Å². The Hall–Kier alpha value is -1.95. The Morgan fingerprint density at radius 3 is 2.76 bits per heavy atom. The molecule has 0 saturated heterocycles. The fraction of sp³-hybridized carbons (Fsp3) is 0.364. The minimum Gasteiger partial charge on any atom is -0.468 e. The van der Waals surface area contributed by atoms with Crippen molar-refractivity contribution in [2.45, 2.75) is 19.4 Å². The van der Waals surface area contributed by atoms with E-state index in [-0.39, 0.29) is 12.1 Å². The molecule has 17 heavy (non-hydrogen) atoms. The molecule has 0 aliphatic heterocycles. The number of nitrogens with two attached hydrogens (primary N) is 1. The molecule has 1 atom stereocenters. The molecule has 0 aliphatic carbocycles. The summed E-state index contributed by atoms with van der Waals surface area (Å²) in [6.07, 6.45) is 0.0866. The first-order valence-corrected chi connectivity index (χ1v) is 5.03. The molecule has 0 unspecified atom stereocenters. The van der Waals surface area contributed by atoms with Gasteiger partial charge in [0.15, 0.2) is 0 Å². The Morgan fingerprint density at radius 2 is 2.24 bits per heavy atom. The number of ether oxygens (including phenoxy) is 1. The van der Waals surface area contributed by atoms with Gasteiger partial charge in [-0.3, -0.25) is 14.9 Å². The molecule has 1 aromatic rings. The second-order valence-corrected chi connectivity index (χ2v) is 3.72. The van der Waals surface area contributed by atoms with Gasteiger partial charge < -0.3 is 10.5 Å². The lowest BCUT2D eigenvalue weighted by molar-refractivity contribution is -0.385. The minimum atomic E-state index is -0.888. The van der Waals surface area contributed by atoms with Crippen molar-refractivity contribution >= 4 is 11.7 Å². The van der Waals surface area contributed by atoms with Crippen LogP contribution in [0.2, 0.25) is 0 Å². The van der Waals surface area contributed by atoms with Crippen molar-refractivity contribution in [1.82, 2.24) is 0 Å². The van der Waals surface area contributed by atoms with Crippen LogP contribution in [0.15, 0.2) is 18.2 Å². The van der Waals surface area contributed by atoms with E-state index in [0.717, 1.165) is 5.56 Å². The number of esters is 1. The van der Waals surface area contributed by atoms with Crippen molar-refractivity contribution in [2.24, 2.45) is 5.73 Å². The number of methoxy groups -OCH3 is 1. The molecule has 92 valence electrons. The van der Waals surface area contributed by atoms with Crippen molar-refractivity contribution in [3.63, 3.8) is 0 Å². The Balaban J connectivity index is 2.98. The number of carbonyl (C=O) groups is 1. The zero-order valence-corrected chi connectivity index (χ0v) is 9.67. The van der Waals surface area contributed by atoms with Gasteiger partial charge in [-0.1, -0.05) is 12.1 Å². The Kier molecular flexibility index (Phi) is 4.17. The van der Waals surface area contributed by atoms with Crippen LogP contribution in [0.1, 0.15) is 11.1 Å². The van der Waals surface area contributed by atoms with Crippen LogP contribution < -0.4 is 5.73 Å². The standard InChI is InChI=1S/C11H14N2O4/c1-7-3-4-8(10(5-7)13(15)16)6-9(12)11(14)17-2/h3-5,9H,6,12H2,1-2H3/t9-/m0/s1. The summed E-state index contributed by atoms with van der Waals surface area (Å²) in [6, 6.07) is 3.92. The molecule has 0 saturated carbocycles. The van der Waals surface area contributed by atoms with Crippen molar-refractivity contribution in [1.29, 1.82) is 0 Å². The SMILES string of the molecule is COC(=O)[C@@H](N)Cc1ccc(C)cc1[N+](=O)[O-]. The molecule has 0 aliphatic rings. The molecule has 6 heteroatoms. The molecule has 0 amide bonds. The van der Waals surface area contributed by atoms with E-state index >= 15 is 0 Å². The number of carbonyl (C=O) groups excluding carboxylic acids is 1. The van der Waals surface area contributed by atoms with Gasteiger partial charge in [0.1, 0.15) is 6.04 Å². The van der Waals surface area contributed by atoms with Crippen LogP contribution in [0.5, 0.6) is 0 Å². The average Bonchev–Trinajstić information content (AvgIpc) is 2.29. The lowest BCUT2D eigenvalue weighted by Gasteiger charge is -2.09. The average molecular weight is 238 g/mol. The number of benzene rings is 1. The molecule has 2 N–H and O–H groups in total. The summed E-state index contributed by atoms with van der Waals surface area (Å²) < 4.78 is 4.47. The van der Waals surface area contributed by atoms with Crippen LogP contribution in [0.4, 0.5) is 5.69 Å². The number of nitro benzene ring substituents is 1. The maximum Gasteiger partial charge on any atom is 0.322 e. The molecule has 1 rings (SSSR count). The maximum absolute atomic E-state index is 11.1. The predicted octanol–water partition coefficient (Wildman–Crippen LogP) is 0.946. The summed E-state index contributed by atoms with van der Waals surface area (Å²) in [7, 11) is 1.23. The molecular weight excluding hydrogens is 224 g/mol. The Bertz CT molecular complexity index is 445. The number of hydrogen-bond donors (Lipinski definition) is 1. The van der Waals surface area contributed by atoms with Gasteiger partial charge in [-0.15, -0.1) is 0 Å². The summed E-state index contributed by atoms with van der Waals surface area (Å²) in [5.74, 6) is -0.583. The van der Waals surface area contributed by atoms with Crippen LogP contribution in [0.3, 0.4) is 0 Å². The zero-order valence-electron chi connectivity index (χ0n) is 9.67. The van der Waals surface area contributed by atoms with Crippen LogP contribution in [-0.4, -0.2) is 24.0 Å². The maximum atomic E-state index is 11.1. The van der Waals surface area contributed by atoms with Crippen LogP contribution in [0.25, 0.3) is 0 Å². The largest absolute Gasteiger partial charge is 0.468 e. The number of aryl methyl sites for hydroxylation is 1. The van der Waals surface area contributed by atoms with Crippen molar-refractivity contribution < 1.29 is 14.5 Å². The fourth-order valence-electron chi connectivity index (χ4n) is 1.49. The van der Waals surface area contributed by atoms with E-state index in [1.165, 1.54) is 13.2 Å². The zero-order chi connectivity index (χ0) is 13.0. The molecular formula is C11H14N2O4. The third-order valence-electron chi connectivity index (χ3n) is 2.38. The third kappa shape index (κ3) is 3.25. The van der Waals surface area contributed by atoms with Gasteiger partial charge >= 0.3 is 5.97 Å². The van der Waals surface area contributed by atoms with Crippen molar-refractivity contribution in [3.8, 4) is 0 Å². The second kappa shape index (κ2) is 5.40. The highest BCUT2D eigenvalue weighted by Gasteiger charge is 2.20. The summed E-state index contributed by atoms with van der Waals surface area (Å²) in [4.78, 5) is 21.5. The molecule has 0 aromatic heterocycles. The summed E-state index contributed by atoms with van der Waals surface area (Å²) in [5, 5.41) is 10.8.